The van der Waals surface area contributed by atoms with Gasteiger partial charge in [-0.2, -0.15) is 26.3 Å². The number of amides is 2. The van der Waals surface area contributed by atoms with Crippen LogP contribution in [0.3, 0.4) is 0 Å². The van der Waals surface area contributed by atoms with E-state index < -0.39 is 56.2 Å². The number of carbonyl (C=O) groups excluding carboxylic acids is 2. The second-order valence-electron chi connectivity index (χ2n) is 9.62. The van der Waals surface area contributed by atoms with Crippen LogP contribution in [0.4, 0.5) is 30.7 Å². The number of sulfone groups is 1. The van der Waals surface area contributed by atoms with E-state index in [1.54, 1.807) is 0 Å². The lowest BCUT2D eigenvalue weighted by Crippen LogP contribution is -2.55. The van der Waals surface area contributed by atoms with Crippen molar-refractivity contribution < 1.29 is 48.7 Å². The topological polar surface area (TPSA) is 83.6 Å². The number of aryl methyl sites for hydroxylation is 1. The van der Waals surface area contributed by atoms with Gasteiger partial charge < -0.3 is 10.2 Å². The van der Waals surface area contributed by atoms with Crippen LogP contribution in [0, 0.1) is 0 Å². The molecule has 0 spiro atoms. The van der Waals surface area contributed by atoms with Crippen LogP contribution < -0.4 is 5.32 Å². The minimum absolute atomic E-state index is 0.0816. The number of fused-ring (bicyclic) bond motifs is 3. The fourth-order valence-electron chi connectivity index (χ4n) is 5.80. The van der Waals surface area contributed by atoms with Crippen molar-refractivity contribution in [3.8, 4) is 0 Å². The van der Waals surface area contributed by atoms with Crippen molar-refractivity contribution in [1.82, 2.24) is 10.2 Å². The second kappa shape index (κ2) is 8.43. The monoisotopic (exact) mass is 556 g/mol. The Kier molecular flexibility index (Phi) is 6.24. The molecule has 2 amide bonds. The Morgan fingerprint density at radius 3 is 2.22 bits per heavy atom. The minimum Gasteiger partial charge on any atom is -0.344 e. The molecular formula is C23H23F7N2O4S. The summed E-state index contributed by atoms with van der Waals surface area (Å²) < 4.78 is 120. The minimum atomic E-state index is -6.32. The molecule has 6 nitrogen and oxygen atoms in total. The average Bonchev–Trinajstić information content (AvgIpc) is 3.40. The number of alkyl halides is 7. The number of hydrogen-bond acceptors (Lipinski definition) is 4. The molecule has 2 heterocycles. The molecule has 37 heavy (non-hydrogen) atoms. The van der Waals surface area contributed by atoms with Gasteiger partial charge in [0.05, 0.1) is 6.04 Å². The van der Waals surface area contributed by atoms with Gasteiger partial charge >= 0.3 is 18.0 Å². The van der Waals surface area contributed by atoms with Crippen molar-refractivity contribution in [2.45, 2.75) is 73.9 Å². The quantitative estimate of drug-likeness (QED) is 0.570. The first-order valence-corrected chi connectivity index (χ1v) is 12.8. The van der Waals surface area contributed by atoms with E-state index >= 15 is 0 Å². The second-order valence-corrected chi connectivity index (χ2v) is 12.0. The molecule has 14 heteroatoms. The van der Waals surface area contributed by atoms with E-state index in [4.69, 9.17) is 0 Å². The van der Waals surface area contributed by atoms with Crippen molar-refractivity contribution in [3.63, 3.8) is 0 Å². The van der Waals surface area contributed by atoms with Crippen LogP contribution in [0.5, 0.6) is 0 Å². The number of likely N-dealkylation sites (tertiary alicyclic amines) is 1. The molecule has 0 radical (unpaired) electrons. The van der Waals surface area contributed by atoms with Gasteiger partial charge in [-0.05, 0) is 43.7 Å². The molecule has 1 aromatic carbocycles. The molecule has 4 rings (SSSR count). The molecule has 0 bridgehead atoms. The Bertz CT molecular complexity index is 1260. The van der Waals surface area contributed by atoms with Crippen molar-refractivity contribution in [3.05, 3.63) is 46.4 Å². The maximum atomic E-state index is 14.7. The van der Waals surface area contributed by atoms with Gasteiger partial charge in [-0.25, -0.2) is 12.8 Å². The number of allylic oxidation sites excluding steroid dienone is 1. The summed E-state index contributed by atoms with van der Waals surface area (Å²) in [6.07, 6.45) is -12.8. The van der Waals surface area contributed by atoms with Gasteiger partial charge in [-0.3, -0.25) is 9.59 Å². The molecule has 1 aromatic rings. The summed E-state index contributed by atoms with van der Waals surface area (Å²) >= 11 is 0. The van der Waals surface area contributed by atoms with E-state index in [2.05, 4.69) is 11.9 Å². The lowest BCUT2D eigenvalue weighted by atomic mass is 9.76. The molecule has 3 unspecified atom stereocenters. The zero-order valence-corrected chi connectivity index (χ0v) is 20.3. The van der Waals surface area contributed by atoms with Crippen molar-refractivity contribution in [2.24, 2.45) is 0 Å². The van der Waals surface area contributed by atoms with E-state index in [0.29, 0.717) is 12.1 Å². The summed E-state index contributed by atoms with van der Waals surface area (Å²) in [6.45, 7) is 4.62. The largest absolute Gasteiger partial charge is 0.435 e. The first-order valence-electron chi connectivity index (χ1n) is 11.4. The van der Waals surface area contributed by atoms with Crippen LogP contribution >= 0.6 is 0 Å². The molecule has 2 aliphatic heterocycles. The third-order valence-corrected chi connectivity index (χ3v) is 10.2. The third kappa shape index (κ3) is 3.76. The number of benzene rings is 1. The van der Waals surface area contributed by atoms with E-state index in [1.165, 1.54) is 11.8 Å². The summed E-state index contributed by atoms with van der Waals surface area (Å²) in [5.41, 5.74) is -7.64. The third-order valence-electron chi connectivity index (χ3n) is 7.58. The lowest BCUT2D eigenvalue weighted by molar-refractivity contribution is -0.348. The smallest absolute Gasteiger partial charge is 0.344 e. The number of carbonyl (C=O) groups is 2. The molecule has 1 N–H and O–H groups in total. The van der Waals surface area contributed by atoms with Crippen molar-refractivity contribution in [2.75, 3.05) is 6.54 Å². The first-order chi connectivity index (χ1) is 16.9. The predicted molar refractivity (Wildman–Crippen MR) is 116 cm³/mol. The Balaban J connectivity index is 1.86. The van der Waals surface area contributed by atoms with Crippen LogP contribution in [-0.4, -0.2) is 56.1 Å². The van der Waals surface area contributed by atoms with Gasteiger partial charge in [0.2, 0.25) is 11.8 Å². The molecular weight excluding hydrogens is 533 g/mol. The normalized spacial score (nSPS) is 26.5. The highest BCUT2D eigenvalue weighted by molar-refractivity contribution is 7.96. The van der Waals surface area contributed by atoms with Gasteiger partial charge in [-0.15, -0.1) is 0 Å². The Hall–Kier alpha value is -2.64. The van der Waals surface area contributed by atoms with Crippen LogP contribution in [0.25, 0.3) is 0 Å². The van der Waals surface area contributed by atoms with E-state index in [-0.39, 0.29) is 60.6 Å². The molecule has 1 aliphatic carbocycles. The van der Waals surface area contributed by atoms with E-state index in [0.717, 1.165) is 6.07 Å². The van der Waals surface area contributed by atoms with Gasteiger partial charge in [0.25, 0.3) is 0 Å². The van der Waals surface area contributed by atoms with Crippen LogP contribution in [0.2, 0.25) is 0 Å². The predicted octanol–water partition coefficient (Wildman–Crippen LogP) is 3.95. The number of nitrogens with one attached hydrogen (secondary N) is 1. The Morgan fingerprint density at radius 2 is 1.70 bits per heavy atom. The summed E-state index contributed by atoms with van der Waals surface area (Å²) in [5.74, 6) is -0.865. The van der Waals surface area contributed by atoms with Crippen LogP contribution in [-0.2, 0) is 36.3 Å². The highest BCUT2D eigenvalue weighted by atomic mass is 32.2. The maximum absolute atomic E-state index is 14.7. The summed E-state index contributed by atoms with van der Waals surface area (Å²) in [7, 11) is -4.33. The molecule has 3 aliphatic rings. The van der Waals surface area contributed by atoms with Gasteiger partial charge in [0.1, 0.15) is 10.8 Å². The average molecular weight is 557 g/mol. The summed E-state index contributed by atoms with van der Waals surface area (Å²) in [4.78, 5) is 25.8. The maximum Gasteiger partial charge on any atom is 0.435 e. The molecule has 0 aromatic heterocycles. The van der Waals surface area contributed by atoms with E-state index in [9.17, 15) is 48.7 Å². The SMILES string of the molecule is C=C(C)S(=O)(=O)C12CCN(C(=O)C3CCC(=O)N3)C1CCc1cc(C(F)(C(F)(F)F)C(F)(F)F)ccc12. The first kappa shape index (κ1) is 27.4. The molecule has 204 valence electrons. The standard InChI is InChI=1S/C23H23F7N2O4S/c1-12(2)37(35,36)20-9-10-32(19(34)16-6-8-18(33)31-16)17(20)7-3-13-11-14(4-5-15(13)20)21(24,22(25,26)27)23(28,29)30/h4-5,11,16-17H,1,3,6-10H2,2H3,(H,31,33). The highest BCUT2D eigenvalue weighted by Crippen LogP contribution is 2.56. The van der Waals surface area contributed by atoms with Crippen molar-refractivity contribution >= 4 is 21.7 Å². The van der Waals surface area contributed by atoms with Gasteiger partial charge in [0.15, 0.2) is 9.84 Å². The summed E-state index contributed by atoms with van der Waals surface area (Å²) in [6, 6.07) is -0.374. The number of halogens is 7. The molecule has 2 saturated heterocycles. The fraction of sp³-hybridized carbons (Fsp3) is 0.565. The number of rotatable bonds is 4. The summed E-state index contributed by atoms with van der Waals surface area (Å²) in [5, 5.41) is 2.52. The molecule has 0 saturated carbocycles. The van der Waals surface area contributed by atoms with Gasteiger partial charge in [-0.1, -0.05) is 24.8 Å². The Labute approximate surface area is 207 Å². The van der Waals surface area contributed by atoms with Crippen LogP contribution in [0.1, 0.15) is 49.3 Å². The molecule has 2 fully saturated rings. The number of hydrogen-bond donors (Lipinski definition) is 1. The fourth-order valence-corrected chi connectivity index (χ4v) is 7.88. The van der Waals surface area contributed by atoms with E-state index in [1.807, 2.05) is 0 Å². The Morgan fingerprint density at radius 1 is 1.08 bits per heavy atom. The highest BCUT2D eigenvalue weighted by Gasteiger charge is 2.73. The molecule has 3 atom stereocenters. The number of nitrogens with zero attached hydrogens (tertiary/aromatic N) is 1. The van der Waals surface area contributed by atoms with Crippen LogP contribution in [0.15, 0.2) is 29.7 Å². The van der Waals surface area contributed by atoms with Gasteiger partial charge in [0, 0.05) is 23.4 Å². The van der Waals surface area contributed by atoms with Crippen molar-refractivity contribution in [1.29, 1.82) is 0 Å². The zero-order valence-electron chi connectivity index (χ0n) is 19.5. The lowest BCUT2D eigenvalue weighted by Gasteiger charge is -2.43. The zero-order chi connectivity index (χ0) is 27.8.